The number of amides is 1. The van der Waals surface area contributed by atoms with Gasteiger partial charge in [0, 0.05) is 13.1 Å². The first-order valence-corrected chi connectivity index (χ1v) is 7.81. The summed E-state index contributed by atoms with van der Waals surface area (Å²) < 4.78 is 0. The second-order valence-corrected chi connectivity index (χ2v) is 6.34. The van der Waals surface area contributed by atoms with E-state index in [-0.39, 0.29) is 11.8 Å². The Kier molecular flexibility index (Phi) is 5.40. The van der Waals surface area contributed by atoms with Crippen LogP contribution < -0.4 is 5.32 Å². The fraction of sp³-hybridized carbons (Fsp3) is 0.867. The molecule has 5 nitrogen and oxygen atoms in total. The molecule has 0 aromatic carbocycles. The molecule has 20 heavy (non-hydrogen) atoms. The summed E-state index contributed by atoms with van der Waals surface area (Å²) >= 11 is 0. The smallest absolute Gasteiger partial charge is 0.307 e. The minimum absolute atomic E-state index is 0.0665. The Morgan fingerprint density at radius 2 is 1.85 bits per heavy atom. The third-order valence-corrected chi connectivity index (χ3v) is 4.56. The van der Waals surface area contributed by atoms with E-state index in [9.17, 15) is 9.59 Å². The Bertz CT molecular complexity index is 353. The molecular formula is C15H26N2O3. The van der Waals surface area contributed by atoms with Gasteiger partial charge in [0.1, 0.15) is 0 Å². The first kappa shape index (κ1) is 15.3. The number of hydrogen-bond acceptors (Lipinski definition) is 3. The first-order chi connectivity index (χ1) is 9.58. The number of aliphatic carboxylic acids is 1. The standard InChI is InChI=1S/C15H26N2O3/c1-11(10-17-7-2-3-8-17)9-16-14(18)12-5-4-6-13(12)15(19)20/h11-13H,2-10H2,1H3,(H,16,18)(H,19,20). The molecule has 1 aliphatic carbocycles. The Hall–Kier alpha value is -1.10. The molecule has 2 aliphatic rings. The quantitative estimate of drug-likeness (QED) is 0.771. The molecule has 1 saturated carbocycles. The van der Waals surface area contributed by atoms with Crippen molar-refractivity contribution in [2.24, 2.45) is 17.8 Å². The predicted octanol–water partition coefficient (Wildman–Crippen LogP) is 1.34. The van der Waals surface area contributed by atoms with E-state index in [2.05, 4.69) is 17.1 Å². The number of carbonyl (C=O) groups excluding carboxylic acids is 1. The summed E-state index contributed by atoms with van der Waals surface area (Å²) in [5.41, 5.74) is 0. The summed E-state index contributed by atoms with van der Waals surface area (Å²) in [7, 11) is 0. The molecule has 0 spiro atoms. The molecule has 2 N–H and O–H groups in total. The van der Waals surface area contributed by atoms with Crippen LogP contribution in [0.4, 0.5) is 0 Å². The van der Waals surface area contributed by atoms with Crippen LogP contribution >= 0.6 is 0 Å². The topological polar surface area (TPSA) is 69.6 Å². The van der Waals surface area contributed by atoms with Gasteiger partial charge in [-0.3, -0.25) is 9.59 Å². The average molecular weight is 282 g/mol. The van der Waals surface area contributed by atoms with E-state index in [1.165, 1.54) is 25.9 Å². The third kappa shape index (κ3) is 3.95. The molecule has 0 aromatic rings. The number of rotatable bonds is 6. The monoisotopic (exact) mass is 282 g/mol. The van der Waals surface area contributed by atoms with Gasteiger partial charge in [0.05, 0.1) is 11.8 Å². The van der Waals surface area contributed by atoms with Crippen LogP contribution in [0, 0.1) is 17.8 Å². The molecule has 0 radical (unpaired) electrons. The van der Waals surface area contributed by atoms with E-state index in [1.54, 1.807) is 0 Å². The van der Waals surface area contributed by atoms with Crippen molar-refractivity contribution in [2.45, 2.75) is 39.0 Å². The van der Waals surface area contributed by atoms with Crippen LogP contribution in [0.2, 0.25) is 0 Å². The van der Waals surface area contributed by atoms with Crippen LogP contribution in [0.15, 0.2) is 0 Å². The zero-order chi connectivity index (χ0) is 14.5. The van der Waals surface area contributed by atoms with Crippen molar-refractivity contribution in [3.63, 3.8) is 0 Å². The van der Waals surface area contributed by atoms with Gasteiger partial charge in [-0.1, -0.05) is 13.3 Å². The summed E-state index contributed by atoms with van der Waals surface area (Å²) in [6.07, 6.45) is 4.75. The van der Waals surface area contributed by atoms with E-state index >= 15 is 0 Å². The summed E-state index contributed by atoms with van der Waals surface area (Å²) in [6.45, 7) is 6.15. The summed E-state index contributed by atoms with van der Waals surface area (Å²) in [5, 5.41) is 12.1. The highest BCUT2D eigenvalue weighted by atomic mass is 16.4. The van der Waals surface area contributed by atoms with E-state index in [4.69, 9.17) is 5.11 Å². The molecule has 1 saturated heterocycles. The normalized spacial score (nSPS) is 28.4. The van der Waals surface area contributed by atoms with Crippen LogP contribution in [0.25, 0.3) is 0 Å². The number of carbonyl (C=O) groups is 2. The zero-order valence-electron chi connectivity index (χ0n) is 12.3. The Morgan fingerprint density at radius 1 is 1.20 bits per heavy atom. The lowest BCUT2D eigenvalue weighted by Crippen LogP contribution is -2.39. The number of carboxylic acids is 1. The average Bonchev–Trinajstić information content (AvgIpc) is 3.06. The first-order valence-electron chi connectivity index (χ1n) is 7.81. The number of carboxylic acid groups (broad SMARTS) is 1. The molecular weight excluding hydrogens is 256 g/mol. The molecule has 3 atom stereocenters. The van der Waals surface area contributed by atoms with Gasteiger partial charge < -0.3 is 15.3 Å². The van der Waals surface area contributed by atoms with Crippen molar-refractivity contribution < 1.29 is 14.7 Å². The van der Waals surface area contributed by atoms with Crippen molar-refractivity contribution in [3.8, 4) is 0 Å². The minimum atomic E-state index is -0.826. The van der Waals surface area contributed by atoms with Crippen LogP contribution in [-0.2, 0) is 9.59 Å². The molecule has 5 heteroatoms. The molecule has 2 fully saturated rings. The van der Waals surface area contributed by atoms with E-state index in [1.807, 2.05) is 0 Å². The second-order valence-electron chi connectivity index (χ2n) is 6.34. The van der Waals surface area contributed by atoms with Crippen LogP contribution in [0.1, 0.15) is 39.0 Å². The Balaban J connectivity index is 1.72. The molecule has 1 heterocycles. The maximum atomic E-state index is 12.1. The number of hydrogen-bond donors (Lipinski definition) is 2. The van der Waals surface area contributed by atoms with Crippen molar-refractivity contribution in [2.75, 3.05) is 26.2 Å². The van der Waals surface area contributed by atoms with Gasteiger partial charge in [-0.2, -0.15) is 0 Å². The largest absolute Gasteiger partial charge is 0.481 e. The van der Waals surface area contributed by atoms with Gasteiger partial charge in [-0.05, 0) is 44.7 Å². The second kappa shape index (κ2) is 7.07. The molecule has 1 aliphatic heterocycles. The molecule has 0 aromatic heterocycles. The van der Waals surface area contributed by atoms with Crippen molar-refractivity contribution in [3.05, 3.63) is 0 Å². The number of nitrogens with one attached hydrogen (secondary N) is 1. The van der Waals surface area contributed by atoms with E-state index in [0.717, 1.165) is 13.0 Å². The zero-order valence-corrected chi connectivity index (χ0v) is 12.3. The van der Waals surface area contributed by atoms with Gasteiger partial charge in [-0.15, -0.1) is 0 Å². The lowest BCUT2D eigenvalue weighted by molar-refractivity contribution is -0.146. The molecule has 1 amide bonds. The Labute approximate surface area is 120 Å². The highest BCUT2D eigenvalue weighted by molar-refractivity contribution is 5.85. The van der Waals surface area contributed by atoms with Crippen molar-refractivity contribution in [1.82, 2.24) is 10.2 Å². The number of likely N-dealkylation sites (tertiary alicyclic amines) is 1. The predicted molar refractivity (Wildman–Crippen MR) is 76.3 cm³/mol. The van der Waals surface area contributed by atoms with E-state index < -0.39 is 11.9 Å². The molecule has 2 rings (SSSR count). The lowest BCUT2D eigenvalue weighted by Gasteiger charge is -2.22. The van der Waals surface area contributed by atoms with Gasteiger partial charge in [0.15, 0.2) is 0 Å². The summed E-state index contributed by atoms with van der Waals surface area (Å²) in [6, 6.07) is 0. The van der Waals surface area contributed by atoms with Crippen LogP contribution in [-0.4, -0.2) is 48.1 Å². The van der Waals surface area contributed by atoms with Crippen LogP contribution in [0.3, 0.4) is 0 Å². The van der Waals surface area contributed by atoms with Crippen molar-refractivity contribution in [1.29, 1.82) is 0 Å². The van der Waals surface area contributed by atoms with Crippen LogP contribution in [0.5, 0.6) is 0 Å². The van der Waals surface area contributed by atoms with Gasteiger partial charge >= 0.3 is 5.97 Å². The van der Waals surface area contributed by atoms with Crippen molar-refractivity contribution >= 4 is 11.9 Å². The summed E-state index contributed by atoms with van der Waals surface area (Å²) in [5.74, 6) is -1.28. The highest BCUT2D eigenvalue weighted by Crippen LogP contribution is 2.32. The maximum absolute atomic E-state index is 12.1. The fourth-order valence-electron chi connectivity index (χ4n) is 3.45. The lowest BCUT2D eigenvalue weighted by atomic mass is 9.95. The SMILES string of the molecule is CC(CNC(=O)C1CCCC1C(=O)O)CN1CCCC1. The highest BCUT2D eigenvalue weighted by Gasteiger charge is 2.37. The third-order valence-electron chi connectivity index (χ3n) is 4.56. The maximum Gasteiger partial charge on any atom is 0.307 e. The fourth-order valence-corrected chi connectivity index (χ4v) is 3.45. The minimum Gasteiger partial charge on any atom is -0.481 e. The Morgan fingerprint density at radius 3 is 2.50 bits per heavy atom. The van der Waals surface area contributed by atoms with Gasteiger partial charge in [-0.25, -0.2) is 0 Å². The van der Waals surface area contributed by atoms with Gasteiger partial charge in [0.25, 0.3) is 0 Å². The van der Waals surface area contributed by atoms with E-state index in [0.29, 0.717) is 25.3 Å². The number of nitrogens with zero attached hydrogens (tertiary/aromatic N) is 1. The van der Waals surface area contributed by atoms with Gasteiger partial charge in [0.2, 0.25) is 5.91 Å². The molecule has 3 unspecified atom stereocenters. The molecule has 114 valence electrons. The summed E-state index contributed by atoms with van der Waals surface area (Å²) in [4.78, 5) is 25.6. The molecule has 0 bridgehead atoms.